The zero-order chi connectivity index (χ0) is 13.8. The molecule has 0 saturated heterocycles. The van der Waals surface area contributed by atoms with E-state index in [4.69, 9.17) is 0 Å². The number of rotatable bonds is 5. The predicted molar refractivity (Wildman–Crippen MR) is 78.4 cm³/mol. The summed E-state index contributed by atoms with van der Waals surface area (Å²) in [7, 11) is 0. The zero-order valence-electron chi connectivity index (χ0n) is 11.3. The van der Waals surface area contributed by atoms with Crippen LogP contribution in [0.15, 0.2) is 55.0 Å². The Kier molecular flexibility index (Phi) is 3.50. The normalized spacial score (nSPS) is 12.2. The molecule has 5 heteroatoms. The molecule has 0 bridgehead atoms. The molecule has 5 nitrogen and oxygen atoms in total. The molecule has 20 heavy (non-hydrogen) atoms. The van der Waals surface area contributed by atoms with Crippen LogP contribution in [0.5, 0.6) is 0 Å². The van der Waals surface area contributed by atoms with Gasteiger partial charge < -0.3 is 5.32 Å². The lowest BCUT2D eigenvalue weighted by molar-refractivity contribution is 0.687. The molecule has 0 saturated carbocycles. The fourth-order valence-electron chi connectivity index (χ4n) is 2.13. The minimum Gasteiger partial charge on any atom is -0.374 e. The Balaban J connectivity index is 1.65. The molecule has 0 aliphatic rings. The van der Waals surface area contributed by atoms with E-state index in [-0.39, 0.29) is 6.04 Å². The predicted octanol–water partition coefficient (Wildman–Crippen LogP) is 2.83. The summed E-state index contributed by atoms with van der Waals surface area (Å²) in [5.74, 6) is 0. The summed E-state index contributed by atoms with van der Waals surface area (Å²) in [6, 6.07) is 12.4. The van der Waals surface area contributed by atoms with Crippen molar-refractivity contribution < 1.29 is 0 Å². The number of hydrogen-bond donors (Lipinski definition) is 2. The number of nitrogens with zero attached hydrogens (tertiary/aromatic N) is 3. The molecule has 0 radical (unpaired) electrons. The lowest BCUT2D eigenvalue weighted by Gasteiger charge is -2.10. The molecule has 0 aliphatic carbocycles. The molecule has 1 aromatic carbocycles. The molecule has 3 rings (SSSR count). The Morgan fingerprint density at radius 3 is 2.85 bits per heavy atom. The number of H-pyrrole nitrogens is 1. The SMILES string of the molecule is CC(Nc1cnn(Cc2ccccc2)c1)c1ccn[nH]1. The van der Waals surface area contributed by atoms with Crippen LogP contribution in [0.2, 0.25) is 0 Å². The van der Waals surface area contributed by atoms with Gasteiger partial charge in [-0.1, -0.05) is 30.3 Å². The van der Waals surface area contributed by atoms with E-state index >= 15 is 0 Å². The van der Waals surface area contributed by atoms with Gasteiger partial charge in [0, 0.05) is 12.4 Å². The second-order valence-electron chi connectivity index (χ2n) is 4.79. The Labute approximate surface area is 117 Å². The van der Waals surface area contributed by atoms with Gasteiger partial charge >= 0.3 is 0 Å². The summed E-state index contributed by atoms with van der Waals surface area (Å²) in [4.78, 5) is 0. The Morgan fingerprint density at radius 2 is 2.10 bits per heavy atom. The Morgan fingerprint density at radius 1 is 1.25 bits per heavy atom. The first-order chi connectivity index (χ1) is 9.81. The number of aromatic amines is 1. The second-order valence-corrected chi connectivity index (χ2v) is 4.79. The highest BCUT2D eigenvalue weighted by Crippen LogP contribution is 2.16. The molecule has 1 unspecified atom stereocenters. The summed E-state index contributed by atoms with van der Waals surface area (Å²) in [5.41, 5.74) is 3.30. The van der Waals surface area contributed by atoms with E-state index in [0.29, 0.717) is 0 Å². The van der Waals surface area contributed by atoms with Crippen LogP contribution in [0.3, 0.4) is 0 Å². The van der Waals surface area contributed by atoms with E-state index in [1.165, 1.54) is 5.56 Å². The first kappa shape index (κ1) is 12.5. The van der Waals surface area contributed by atoms with Gasteiger partial charge in [0.1, 0.15) is 0 Å². The molecule has 2 aromatic heterocycles. The maximum Gasteiger partial charge on any atom is 0.0731 e. The second kappa shape index (κ2) is 5.61. The van der Waals surface area contributed by atoms with Crippen LogP contribution in [0.25, 0.3) is 0 Å². The van der Waals surface area contributed by atoms with Crippen LogP contribution in [0.1, 0.15) is 24.2 Å². The largest absolute Gasteiger partial charge is 0.374 e. The highest BCUT2D eigenvalue weighted by atomic mass is 15.3. The van der Waals surface area contributed by atoms with E-state index in [1.54, 1.807) is 6.20 Å². The van der Waals surface area contributed by atoms with Crippen LogP contribution in [-0.4, -0.2) is 20.0 Å². The number of nitrogens with one attached hydrogen (secondary N) is 2. The Hall–Kier alpha value is -2.56. The van der Waals surface area contributed by atoms with Gasteiger partial charge in [-0.2, -0.15) is 10.2 Å². The maximum atomic E-state index is 4.37. The highest BCUT2D eigenvalue weighted by Gasteiger charge is 2.07. The minimum atomic E-state index is 0.173. The third-order valence-electron chi connectivity index (χ3n) is 3.19. The van der Waals surface area contributed by atoms with Crippen molar-refractivity contribution in [2.45, 2.75) is 19.5 Å². The fraction of sp³-hybridized carbons (Fsp3) is 0.200. The number of aromatic nitrogens is 4. The lowest BCUT2D eigenvalue weighted by atomic mass is 10.2. The molecule has 0 fully saturated rings. The van der Waals surface area contributed by atoms with Gasteiger partial charge in [0.2, 0.25) is 0 Å². The van der Waals surface area contributed by atoms with Crippen molar-refractivity contribution in [3.05, 3.63) is 66.2 Å². The summed E-state index contributed by atoms with van der Waals surface area (Å²) >= 11 is 0. The van der Waals surface area contributed by atoms with E-state index in [1.807, 2.05) is 41.3 Å². The third-order valence-corrected chi connectivity index (χ3v) is 3.19. The molecule has 2 N–H and O–H groups in total. The number of hydrogen-bond acceptors (Lipinski definition) is 3. The molecule has 3 aromatic rings. The average molecular weight is 267 g/mol. The van der Waals surface area contributed by atoms with E-state index in [2.05, 4.69) is 39.7 Å². The van der Waals surface area contributed by atoms with Crippen molar-refractivity contribution >= 4 is 5.69 Å². The summed E-state index contributed by atoms with van der Waals surface area (Å²) in [6.45, 7) is 2.86. The Bertz CT molecular complexity index is 642. The molecular weight excluding hydrogens is 250 g/mol. The highest BCUT2D eigenvalue weighted by molar-refractivity contribution is 5.40. The number of anilines is 1. The summed E-state index contributed by atoms with van der Waals surface area (Å²) < 4.78 is 1.93. The van der Waals surface area contributed by atoms with Crippen molar-refractivity contribution in [3.8, 4) is 0 Å². The van der Waals surface area contributed by atoms with E-state index in [0.717, 1.165) is 17.9 Å². The van der Waals surface area contributed by atoms with Gasteiger partial charge in [-0.15, -0.1) is 0 Å². The van der Waals surface area contributed by atoms with E-state index in [9.17, 15) is 0 Å². The molecule has 0 spiro atoms. The summed E-state index contributed by atoms with van der Waals surface area (Å²) in [5, 5.41) is 14.7. The van der Waals surface area contributed by atoms with Crippen molar-refractivity contribution in [2.24, 2.45) is 0 Å². The van der Waals surface area contributed by atoms with Crippen molar-refractivity contribution in [1.82, 2.24) is 20.0 Å². The van der Waals surface area contributed by atoms with Gasteiger partial charge in [0.15, 0.2) is 0 Å². The monoisotopic (exact) mass is 267 g/mol. The first-order valence-electron chi connectivity index (χ1n) is 6.63. The molecule has 0 amide bonds. The molecule has 1 atom stereocenters. The lowest BCUT2D eigenvalue weighted by Crippen LogP contribution is -2.06. The standard InChI is InChI=1S/C15H17N5/c1-12(15-7-8-16-19-15)18-14-9-17-20(11-14)10-13-5-3-2-4-6-13/h2-9,11-12,18H,10H2,1H3,(H,16,19). The van der Waals surface area contributed by atoms with Gasteiger partial charge in [0.05, 0.1) is 30.2 Å². The van der Waals surface area contributed by atoms with Crippen molar-refractivity contribution in [2.75, 3.05) is 5.32 Å². The smallest absolute Gasteiger partial charge is 0.0731 e. The fourth-order valence-corrected chi connectivity index (χ4v) is 2.13. The average Bonchev–Trinajstić information content (AvgIpc) is 3.11. The zero-order valence-corrected chi connectivity index (χ0v) is 11.3. The molecule has 0 aliphatic heterocycles. The van der Waals surface area contributed by atoms with E-state index < -0.39 is 0 Å². The van der Waals surface area contributed by atoms with Gasteiger partial charge in [-0.3, -0.25) is 9.78 Å². The molecule has 102 valence electrons. The van der Waals surface area contributed by atoms with Gasteiger partial charge in [-0.25, -0.2) is 0 Å². The minimum absolute atomic E-state index is 0.173. The van der Waals surface area contributed by atoms with Crippen molar-refractivity contribution in [1.29, 1.82) is 0 Å². The third kappa shape index (κ3) is 2.88. The number of benzene rings is 1. The van der Waals surface area contributed by atoms with Crippen molar-refractivity contribution in [3.63, 3.8) is 0 Å². The topological polar surface area (TPSA) is 58.5 Å². The van der Waals surface area contributed by atoms with Crippen LogP contribution in [0.4, 0.5) is 5.69 Å². The first-order valence-corrected chi connectivity index (χ1v) is 6.63. The molecular formula is C15H17N5. The van der Waals surface area contributed by atoms with Crippen LogP contribution < -0.4 is 5.32 Å². The van der Waals surface area contributed by atoms with Crippen LogP contribution in [-0.2, 0) is 6.54 Å². The quantitative estimate of drug-likeness (QED) is 0.747. The van der Waals surface area contributed by atoms with Gasteiger partial charge in [-0.05, 0) is 18.6 Å². The van der Waals surface area contributed by atoms with Crippen LogP contribution in [0, 0.1) is 0 Å². The summed E-state index contributed by atoms with van der Waals surface area (Å²) in [6.07, 6.45) is 5.61. The molecule has 2 heterocycles. The maximum absolute atomic E-state index is 4.37. The van der Waals surface area contributed by atoms with Crippen LogP contribution >= 0.6 is 0 Å². The van der Waals surface area contributed by atoms with Gasteiger partial charge in [0.25, 0.3) is 0 Å².